The van der Waals surface area contributed by atoms with E-state index >= 15 is 0 Å². The van der Waals surface area contributed by atoms with Crippen LogP contribution in [0.4, 0.5) is 5.95 Å². The van der Waals surface area contributed by atoms with Gasteiger partial charge in [-0.05, 0) is 18.4 Å². The van der Waals surface area contributed by atoms with Crippen molar-refractivity contribution in [3.63, 3.8) is 0 Å². The zero-order chi connectivity index (χ0) is 18.6. The number of carbonyl (C=O) groups excluding carboxylic acids is 1. The van der Waals surface area contributed by atoms with Gasteiger partial charge in [-0.3, -0.25) is 14.6 Å². The second-order valence-corrected chi connectivity index (χ2v) is 7.56. The Hall–Kier alpha value is -2.63. The van der Waals surface area contributed by atoms with Crippen molar-refractivity contribution in [1.29, 1.82) is 0 Å². The molecule has 1 N–H and O–H groups in total. The van der Waals surface area contributed by atoms with E-state index < -0.39 is 0 Å². The number of anilines is 1. The van der Waals surface area contributed by atoms with Gasteiger partial charge in [0.2, 0.25) is 11.9 Å². The van der Waals surface area contributed by atoms with Gasteiger partial charge in [-0.15, -0.1) is 0 Å². The van der Waals surface area contributed by atoms with Gasteiger partial charge >= 0.3 is 0 Å². The number of likely N-dealkylation sites (tertiary alicyclic amines) is 1. The van der Waals surface area contributed by atoms with Crippen LogP contribution < -0.4 is 10.5 Å². The van der Waals surface area contributed by atoms with Gasteiger partial charge in [-0.2, -0.15) is 0 Å². The summed E-state index contributed by atoms with van der Waals surface area (Å²) in [5, 5.41) is 0. The van der Waals surface area contributed by atoms with Gasteiger partial charge in [0, 0.05) is 44.6 Å². The Morgan fingerprint density at radius 3 is 2.52 bits per heavy atom. The Kier molecular flexibility index (Phi) is 5.23. The highest BCUT2D eigenvalue weighted by atomic mass is 16.2. The molecule has 0 aliphatic carbocycles. The molecule has 1 atom stereocenters. The van der Waals surface area contributed by atoms with Crippen molar-refractivity contribution in [2.24, 2.45) is 0 Å². The maximum atomic E-state index is 12.5. The molecule has 2 saturated heterocycles. The normalized spacial score (nSPS) is 20.7. The molecule has 2 aliphatic heterocycles. The first-order valence-corrected chi connectivity index (χ1v) is 9.87. The monoisotopic (exact) mass is 366 g/mol. The highest BCUT2D eigenvalue weighted by Crippen LogP contribution is 2.28. The lowest BCUT2D eigenvalue weighted by Gasteiger charge is -2.22. The van der Waals surface area contributed by atoms with E-state index in [-0.39, 0.29) is 17.4 Å². The Bertz CT molecular complexity index is 841. The Labute approximate surface area is 159 Å². The minimum absolute atomic E-state index is 0.0192. The number of nitrogens with one attached hydrogen (secondary N) is 1. The molecule has 0 spiro atoms. The molecule has 1 aromatic heterocycles. The first-order chi connectivity index (χ1) is 13.2. The molecule has 2 fully saturated rings. The van der Waals surface area contributed by atoms with Crippen LogP contribution in [-0.4, -0.2) is 40.4 Å². The smallest absolute Gasteiger partial charge is 0.252 e. The van der Waals surface area contributed by atoms with Crippen molar-refractivity contribution in [3.05, 3.63) is 58.0 Å². The standard InChI is InChI=1S/C21H26N4O2/c26-19-13-18(22-21(23-19)24-10-6-1-2-7-11-24)17-12-20(27)25(15-17)14-16-8-4-3-5-9-16/h3-5,8-9,13,17H,1-2,6-7,10-12,14-15H2,(H,22,23,26). The summed E-state index contributed by atoms with van der Waals surface area (Å²) >= 11 is 0. The van der Waals surface area contributed by atoms with Crippen molar-refractivity contribution in [3.8, 4) is 0 Å². The minimum atomic E-state index is -0.131. The molecule has 1 aromatic carbocycles. The number of aromatic amines is 1. The van der Waals surface area contributed by atoms with Crippen molar-refractivity contribution in [2.75, 3.05) is 24.5 Å². The van der Waals surface area contributed by atoms with Crippen LogP contribution in [0, 0.1) is 0 Å². The van der Waals surface area contributed by atoms with Gasteiger partial charge in [0.25, 0.3) is 5.56 Å². The SMILES string of the molecule is O=C1CC(c2cc(=O)[nH]c(N3CCCCCC3)n2)CN1Cc1ccccc1. The summed E-state index contributed by atoms with van der Waals surface area (Å²) in [5.41, 5.74) is 1.73. The van der Waals surface area contributed by atoms with E-state index in [1.165, 1.54) is 12.8 Å². The fourth-order valence-corrected chi connectivity index (χ4v) is 4.03. The third kappa shape index (κ3) is 4.21. The van der Waals surface area contributed by atoms with Crippen LogP contribution in [0.2, 0.25) is 0 Å². The number of rotatable bonds is 4. The van der Waals surface area contributed by atoms with Crippen LogP contribution in [-0.2, 0) is 11.3 Å². The summed E-state index contributed by atoms with van der Waals surface area (Å²) in [7, 11) is 0. The number of nitrogens with zero attached hydrogens (tertiary/aromatic N) is 3. The summed E-state index contributed by atoms with van der Waals surface area (Å²) in [6.45, 7) is 3.08. The Morgan fingerprint density at radius 1 is 1.04 bits per heavy atom. The summed E-state index contributed by atoms with van der Waals surface area (Å²) in [6.07, 6.45) is 5.13. The molecule has 0 bridgehead atoms. The Balaban J connectivity index is 1.51. The number of H-pyrrole nitrogens is 1. The molecule has 0 radical (unpaired) electrons. The van der Waals surface area contributed by atoms with Gasteiger partial charge in [0.15, 0.2) is 0 Å². The second-order valence-electron chi connectivity index (χ2n) is 7.56. The van der Waals surface area contributed by atoms with E-state index in [0.717, 1.165) is 37.2 Å². The average molecular weight is 366 g/mol. The van der Waals surface area contributed by atoms with Crippen LogP contribution in [0.25, 0.3) is 0 Å². The quantitative estimate of drug-likeness (QED) is 0.903. The molecule has 1 unspecified atom stereocenters. The first-order valence-electron chi connectivity index (χ1n) is 9.87. The largest absolute Gasteiger partial charge is 0.342 e. The number of aromatic nitrogens is 2. The lowest BCUT2D eigenvalue weighted by molar-refractivity contribution is -0.128. The number of benzene rings is 1. The van der Waals surface area contributed by atoms with E-state index in [1.54, 1.807) is 6.07 Å². The fourth-order valence-electron chi connectivity index (χ4n) is 4.03. The number of amides is 1. The first kappa shape index (κ1) is 17.8. The zero-order valence-electron chi connectivity index (χ0n) is 15.6. The van der Waals surface area contributed by atoms with Gasteiger partial charge < -0.3 is 9.80 Å². The predicted molar refractivity (Wildman–Crippen MR) is 105 cm³/mol. The summed E-state index contributed by atoms with van der Waals surface area (Å²) < 4.78 is 0. The van der Waals surface area contributed by atoms with Crippen molar-refractivity contribution in [1.82, 2.24) is 14.9 Å². The summed E-state index contributed by atoms with van der Waals surface area (Å²) in [4.78, 5) is 36.4. The summed E-state index contributed by atoms with van der Waals surface area (Å²) in [5.74, 6) is 0.768. The van der Waals surface area contributed by atoms with E-state index in [1.807, 2.05) is 35.2 Å². The van der Waals surface area contributed by atoms with Gasteiger partial charge in [0.05, 0.1) is 5.69 Å². The van der Waals surface area contributed by atoms with E-state index in [2.05, 4.69) is 9.88 Å². The zero-order valence-corrected chi connectivity index (χ0v) is 15.6. The molecule has 2 aromatic rings. The molecule has 6 nitrogen and oxygen atoms in total. The molecule has 1 amide bonds. The Morgan fingerprint density at radius 2 is 1.78 bits per heavy atom. The molecular formula is C21H26N4O2. The van der Waals surface area contributed by atoms with Crippen LogP contribution in [0.1, 0.15) is 49.3 Å². The maximum absolute atomic E-state index is 12.5. The van der Waals surface area contributed by atoms with Crippen molar-refractivity contribution >= 4 is 11.9 Å². The van der Waals surface area contributed by atoms with Gasteiger partial charge in [0.1, 0.15) is 0 Å². The van der Waals surface area contributed by atoms with Crippen molar-refractivity contribution in [2.45, 2.75) is 44.6 Å². The van der Waals surface area contributed by atoms with E-state index in [9.17, 15) is 9.59 Å². The maximum Gasteiger partial charge on any atom is 0.252 e. The predicted octanol–water partition coefficient (Wildman–Crippen LogP) is 2.67. The molecule has 3 heterocycles. The second kappa shape index (κ2) is 7.94. The van der Waals surface area contributed by atoms with Crippen LogP contribution in [0.5, 0.6) is 0 Å². The highest BCUT2D eigenvalue weighted by Gasteiger charge is 2.32. The third-order valence-corrected chi connectivity index (χ3v) is 5.50. The lowest BCUT2D eigenvalue weighted by Crippen LogP contribution is -2.29. The highest BCUT2D eigenvalue weighted by molar-refractivity contribution is 5.79. The molecule has 4 rings (SSSR count). The number of hydrogen-bond acceptors (Lipinski definition) is 4. The van der Waals surface area contributed by atoms with E-state index in [0.29, 0.717) is 25.5 Å². The average Bonchev–Trinajstić information content (AvgIpc) is 2.87. The topological polar surface area (TPSA) is 69.3 Å². The third-order valence-electron chi connectivity index (χ3n) is 5.50. The lowest BCUT2D eigenvalue weighted by atomic mass is 10.0. The van der Waals surface area contributed by atoms with Gasteiger partial charge in [-0.1, -0.05) is 43.2 Å². The molecule has 2 aliphatic rings. The van der Waals surface area contributed by atoms with Crippen LogP contribution >= 0.6 is 0 Å². The van der Waals surface area contributed by atoms with Crippen LogP contribution in [0.15, 0.2) is 41.2 Å². The molecule has 0 saturated carbocycles. The molecular weight excluding hydrogens is 340 g/mol. The number of carbonyl (C=O) groups is 1. The van der Waals surface area contributed by atoms with Crippen LogP contribution in [0.3, 0.4) is 0 Å². The minimum Gasteiger partial charge on any atom is -0.342 e. The fraction of sp³-hybridized carbons (Fsp3) is 0.476. The molecule has 6 heteroatoms. The van der Waals surface area contributed by atoms with Gasteiger partial charge in [-0.25, -0.2) is 4.98 Å². The molecule has 142 valence electrons. The molecule has 27 heavy (non-hydrogen) atoms. The van der Waals surface area contributed by atoms with Crippen molar-refractivity contribution < 1.29 is 4.79 Å². The number of hydrogen-bond donors (Lipinski definition) is 1. The summed E-state index contributed by atoms with van der Waals surface area (Å²) in [6, 6.07) is 11.6. The van der Waals surface area contributed by atoms with E-state index in [4.69, 9.17) is 4.98 Å².